The summed E-state index contributed by atoms with van der Waals surface area (Å²) < 4.78 is 0. The van der Waals surface area contributed by atoms with Crippen LogP contribution < -0.4 is 10.6 Å². The summed E-state index contributed by atoms with van der Waals surface area (Å²) in [5.41, 5.74) is 3.96. The van der Waals surface area contributed by atoms with Gasteiger partial charge in [0.25, 0.3) is 5.91 Å². The summed E-state index contributed by atoms with van der Waals surface area (Å²) in [5.74, 6) is 0.201. The molecule has 0 saturated heterocycles. The SMILES string of the molecule is Cc1ccc(C)c(Nc2cc(C(=O)Nc3ccccc3Cl)ncn2)c1. The lowest BCUT2D eigenvalue weighted by Crippen LogP contribution is -2.14. The van der Waals surface area contributed by atoms with Crippen LogP contribution in [0.2, 0.25) is 5.02 Å². The van der Waals surface area contributed by atoms with Crippen LogP contribution in [0.3, 0.4) is 0 Å². The number of aromatic nitrogens is 2. The third kappa shape index (κ3) is 4.14. The van der Waals surface area contributed by atoms with E-state index >= 15 is 0 Å². The van der Waals surface area contributed by atoms with Crippen LogP contribution >= 0.6 is 11.6 Å². The molecule has 0 saturated carbocycles. The van der Waals surface area contributed by atoms with Crippen molar-refractivity contribution in [1.82, 2.24) is 9.97 Å². The highest BCUT2D eigenvalue weighted by atomic mass is 35.5. The largest absolute Gasteiger partial charge is 0.340 e. The monoisotopic (exact) mass is 352 g/mol. The molecule has 0 radical (unpaired) electrons. The van der Waals surface area contributed by atoms with Crippen molar-refractivity contribution >= 4 is 34.7 Å². The molecule has 1 heterocycles. The van der Waals surface area contributed by atoms with Crippen molar-refractivity contribution in [2.75, 3.05) is 10.6 Å². The fraction of sp³-hybridized carbons (Fsp3) is 0.105. The number of hydrogen-bond acceptors (Lipinski definition) is 4. The minimum Gasteiger partial charge on any atom is -0.340 e. The van der Waals surface area contributed by atoms with Crippen molar-refractivity contribution in [2.24, 2.45) is 0 Å². The van der Waals surface area contributed by atoms with Gasteiger partial charge < -0.3 is 10.6 Å². The zero-order valence-corrected chi connectivity index (χ0v) is 14.6. The Morgan fingerprint density at radius 3 is 2.60 bits per heavy atom. The minimum absolute atomic E-state index is 0.253. The van der Waals surface area contributed by atoms with Crippen LogP contribution in [-0.2, 0) is 0 Å². The van der Waals surface area contributed by atoms with E-state index in [1.807, 2.05) is 32.0 Å². The second-order valence-corrected chi connectivity index (χ2v) is 6.07. The molecule has 2 aromatic carbocycles. The van der Waals surface area contributed by atoms with E-state index in [4.69, 9.17) is 11.6 Å². The molecule has 25 heavy (non-hydrogen) atoms. The third-order valence-corrected chi connectivity index (χ3v) is 4.01. The molecule has 3 rings (SSSR count). The first-order valence-corrected chi connectivity index (χ1v) is 8.13. The maximum Gasteiger partial charge on any atom is 0.274 e. The van der Waals surface area contributed by atoms with Gasteiger partial charge in [0.1, 0.15) is 17.8 Å². The van der Waals surface area contributed by atoms with Crippen molar-refractivity contribution in [3.05, 3.63) is 76.7 Å². The van der Waals surface area contributed by atoms with Gasteiger partial charge in [0.15, 0.2) is 0 Å². The van der Waals surface area contributed by atoms with E-state index in [0.717, 1.165) is 16.8 Å². The highest BCUT2D eigenvalue weighted by Gasteiger charge is 2.11. The molecule has 0 spiro atoms. The van der Waals surface area contributed by atoms with Crippen LogP contribution in [0.25, 0.3) is 0 Å². The topological polar surface area (TPSA) is 66.9 Å². The molecule has 0 aliphatic heterocycles. The lowest BCUT2D eigenvalue weighted by molar-refractivity contribution is 0.102. The summed E-state index contributed by atoms with van der Waals surface area (Å²) in [6.45, 7) is 4.03. The van der Waals surface area contributed by atoms with Crippen molar-refractivity contribution < 1.29 is 4.79 Å². The highest BCUT2D eigenvalue weighted by molar-refractivity contribution is 6.33. The Hall–Kier alpha value is -2.92. The maximum atomic E-state index is 12.4. The van der Waals surface area contributed by atoms with Gasteiger partial charge in [-0.25, -0.2) is 9.97 Å². The first-order valence-electron chi connectivity index (χ1n) is 7.75. The maximum absolute atomic E-state index is 12.4. The Balaban J connectivity index is 1.80. The fourth-order valence-electron chi connectivity index (χ4n) is 2.31. The number of amides is 1. The third-order valence-electron chi connectivity index (χ3n) is 3.68. The molecule has 0 bridgehead atoms. The molecule has 2 N–H and O–H groups in total. The van der Waals surface area contributed by atoms with Crippen LogP contribution in [0, 0.1) is 13.8 Å². The Morgan fingerprint density at radius 2 is 1.80 bits per heavy atom. The molecule has 0 aliphatic carbocycles. The molecule has 1 amide bonds. The van der Waals surface area contributed by atoms with Crippen LogP contribution in [0.1, 0.15) is 21.6 Å². The Morgan fingerprint density at radius 1 is 1.00 bits per heavy atom. The van der Waals surface area contributed by atoms with E-state index in [2.05, 4.69) is 20.6 Å². The van der Waals surface area contributed by atoms with Gasteiger partial charge in [-0.1, -0.05) is 35.9 Å². The smallest absolute Gasteiger partial charge is 0.274 e. The van der Waals surface area contributed by atoms with Crippen LogP contribution in [0.15, 0.2) is 54.9 Å². The Bertz CT molecular complexity index is 927. The molecular weight excluding hydrogens is 336 g/mol. The van der Waals surface area contributed by atoms with Gasteiger partial charge in [-0.2, -0.15) is 0 Å². The van der Waals surface area contributed by atoms with Gasteiger partial charge >= 0.3 is 0 Å². The summed E-state index contributed by atoms with van der Waals surface area (Å²) in [6, 6.07) is 14.8. The molecule has 126 valence electrons. The predicted octanol–water partition coefficient (Wildman–Crippen LogP) is 4.74. The number of aryl methyl sites for hydroxylation is 2. The molecule has 0 aliphatic rings. The summed E-state index contributed by atoms with van der Waals surface area (Å²) in [7, 11) is 0. The summed E-state index contributed by atoms with van der Waals surface area (Å²) >= 11 is 6.07. The van der Waals surface area contributed by atoms with Crippen molar-refractivity contribution in [1.29, 1.82) is 0 Å². The average Bonchev–Trinajstić information content (AvgIpc) is 2.60. The van der Waals surface area contributed by atoms with Crippen molar-refractivity contribution in [2.45, 2.75) is 13.8 Å². The number of anilines is 3. The minimum atomic E-state index is -0.348. The lowest BCUT2D eigenvalue weighted by atomic mass is 10.1. The number of nitrogens with one attached hydrogen (secondary N) is 2. The molecule has 0 atom stereocenters. The molecule has 5 nitrogen and oxygen atoms in total. The fourth-order valence-corrected chi connectivity index (χ4v) is 2.49. The van der Waals surface area contributed by atoms with E-state index in [9.17, 15) is 4.79 Å². The number of para-hydroxylation sites is 1. The second kappa shape index (κ2) is 7.32. The van der Waals surface area contributed by atoms with Crippen LogP contribution in [0.5, 0.6) is 0 Å². The second-order valence-electron chi connectivity index (χ2n) is 5.67. The van der Waals surface area contributed by atoms with Gasteiger partial charge in [-0.15, -0.1) is 0 Å². The van der Waals surface area contributed by atoms with Crippen molar-refractivity contribution in [3.8, 4) is 0 Å². The normalized spacial score (nSPS) is 10.4. The molecular formula is C19H17ClN4O. The van der Waals surface area contributed by atoms with Crippen LogP contribution in [-0.4, -0.2) is 15.9 Å². The molecule has 1 aromatic heterocycles. The summed E-state index contributed by atoms with van der Waals surface area (Å²) in [6.07, 6.45) is 1.36. The highest BCUT2D eigenvalue weighted by Crippen LogP contribution is 2.22. The molecule has 6 heteroatoms. The Labute approximate surface area is 151 Å². The van der Waals surface area contributed by atoms with Gasteiger partial charge in [-0.3, -0.25) is 4.79 Å². The van der Waals surface area contributed by atoms with Crippen LogP contribution in [0.4, 0.5) is 17.2 Å². The number of halogens is 1. The van der Waals surface area contributed by atoms with Gasteiger partial charge in [0.05, 0.1) is 10.7 Å². The lowest BCUT2D eigenvalue weighted by Gasteiger charge is -2.11. The first-order chi connectivity index (χ1) is 12.0. The van der Waals surface area contributed by atoms with E-state index in [1.54, 1.807) is 30.3 Å². The predicted molar refractivity (Wildman–Crippen MR) is 101 cm³/mol. The summed E-state index contributed by atoms with van der Waals surface area (Å²) in [4.78, 5) is 20.6. The Kier molecular flexibility index (Phi) is 4.95. The molecule has 0 unspecified atom stereocenters. The number of nitrogens with zero attached hydrogens (tertiary/aromatic N) is 2. The number of carbonyl (C=O) groups is 1. The zero-order valence-electron chi connectivity index (χ0n) is 13.9. The quantitative estimate of drug-likeness (QED) is 0.711. The number of hydrogen-bond donors (Lipinski definition) is 2. The van der Waals surface area contributed by atoms with Crippen molar-refractivity contribution in [3.63, 3.8) is 0 Å². The van der Waals surface area contributed by atoms with E-state index in [-0.39, 0.29) is 11.6 Å². The number of carbonyl (C=O) groups excluding carboxylic acids is 1. The average molecular weight is 353 g/mol. The standard InChI is InChI=1S/C19H17ClN4O/c1-12-7-8-13(2)16(9-12)23-18-10-17(21-11-22-18)19(25)24-15-6-4-3-5-14(15)20/h3-11H,1-2H3,(H,24,25)(H,21,22,23). The molecule has 0 fully saturated rings. The van der Waals surface area contributed by atoms with E-state index < -0.39 is 0 Å². The number of benzene rings is 2. The summed E-state index contributed by atoms with van der Waals surface area (Å²) in [5, 5.41) is 6.45. The molecule has 3 aromatic rings. The van der Waals surface area contributed by atoms with Gasteiger partial charge in [0.2, 0.25) is 0 Å². The number of rotatable bonds is 4. The zero-order chi connectivity index (χ0) is 17.8. The first kappa shape index (κ1) is 16.9. The van der Waals surface area contributed by atoms with Gasteiger partial charge in [0, 0.05) is 11.8 Å². The van der Waals surface area contributed by atoms with Gasteiger partial charge in [-0.05, 0) is 43.2 Å². The van der Waals surface area contributed by atoms with E-state index in [1.165, 1.54) is 6.33 Å². The van der Waals surface area contributed by atoms with E-state index in [0.29, 0.717) is 16.5 Å².